The number of thioether (sulfide) groups is 1. The van der Waals surface area contributed by atoms with E-state index < -0.39 is 5.92 Å². The predicted molar refractivity (Wildman–Crippen MR) is 128 cm³/mol. The highest BCUT2D eigenvalue weighted by Gasteiger charge is 2.33. The molecule has 0 aliphatic carbocycles. The number of hydrogen-bond acceptors (Lipinski definition) is 5. The average Bonchev–Trinajstić information content (AvgIpc) is 2.79. The molecule has 1 N–H and O–H groups in total. The summed E-state index contributed by atoms with van der Waals surface area (Å²) < 4.78 is 7.56. The van der Waals surface area contributed by atoms with E-state index in [2.05, 4.69) is 16.9 Å². The first-order valence-electron chi connectivity index (χ1n) is 10.1. The average molecular weight is 468 g/mol. The molecule has 1 atom stereocenters. The van der Waals surface area contributed by atoms with Crippen LogP contribution in [0.2, 0.25) is 5.02 Å². The lowest BCUT2D eigenvalue weighted by atomic mass is 9.86. The number of ether oxygens (including phenoxy) is 1. The molecule has 0 spiro atoms. The summed E-state index contributed by atoms with van der Waals surface area (Å²) in [5, 5.41) is 4.07. The largest absolute Gasteiger partial charge is 0.489 e. The van der Waals surface area contributed by atoms with Gasteiger partial charge in [-0.25, -0.2) is 0 Å². The van der Waals surface area contributed by atoms with Gasteiger partial charge in [0, 0.05) is 35.7 Å². The molecule has 2 heterocycles. The van der Waals surface area contributed by atoms with Crippen molar-refractivity contribution in [2.45, 2.75) is 23.2 Å². The number of fused-ring (bicyclic) bond motifs is 1. The van der Waals surface area contributed by atoms with Crippen LogP contribution >= 0.6 is 23.4 Å². The van der Waals surface area contributed by atoms with Gasteiger partial charge in [-0.1, -0.05) is 66.3 Å². The number of anilines is 1. The molecule has 0 fully saturated rings. The molecule has 4 rings (SSSR count). The van der Waals surface area contributed by atoms with Crippen LogP contribution in [0.3, 0.4) is 0 Å². The first kappa shape index (κ1) is 22.2. The van der Waals surface area contributed by atoms with Crippen molar-refractivity contribution >= 4 is 35.1 Å². The third-order valence-corrected chi connectivity index (χ3v) is 6.59. The number of carbonyl (C=O) groups is 1. The molecular formula is C24H22ClN3O3S. The van der Waals surface area contributed by atoms with Crippen molar-refractivity contribution in [1.29, 1.82) is 0 Å². The lowest BCUT2D eigenvalue weighted by Crippen LogP contribution is -2.33. The van der Waals surface area contributed by atoms with Crippen molar-refractivity contribution in [3.05, 3.63) is 93.3 Å². The summed E-state index contributed by atoms with van der Waals surface area (Å²) in [4.78, 5) is 30.1. The molecule has 164 valence electrons. The highest BCUT2D eigenvalue weighted by atomic mass is 35.5. The number of nitrogens with zero attached hydrogens (tertiary/aromatic N) is 2. The Kier molecular flexibility index (Phi) is 6.67. The fourth-order valence-electron chi connectivity index (χ4n) is 3.71. The molecule has 8 heteroatoms. The maximum atomic E-state index is 13.1. The van der Waals surface area contributed by atoms with E-state index in [9.17, 15) is 9.59 Å². The molecule has 0 radical (unpaired) electrons. The fraction of sp³-hybridized carbons (Fsp3) is 0.208. The first-order chi connectivity index (χ1) is 15.5. The molecule has 6 nitrogen and oxygen atoms in total. The van der Waals surface area contributed by atoms with Crippen LogP contribution in [0, 0.1) is 0 Å². The lowest BCUT2D eigenvalue weighted by molar-refractivity contribution is -0.116. The predicted octanol–water partition coefficient (Wildman–Crippen LogP) is 4.76. The molecule has 0 bridgehead atoms. The number of nitrogens with one attached hydrogen (secondary N) is 1. The smallest absolute Gasteiger partial charge is 0.279 e. The number of para-hydroxylation sites is 1. The molecule has 0 saturated carbocycles. The van der Waals surface area contributed by atoms with Crippen LogP contribution in [0.4, 0.5) is 5.82 Å². The van der Waals surface area contributed by atoms with Gasteiger partial charge in [-0.05, 0) is 23.8 Å². The third-order valence-electron chi connectivity index (χ3n) is 5.23. The highest BCUT2D eigenvalue weighted by Crippen LogP contribution is 2.39. The van der Waals surface area contributed by atoms with E-state index in [-0.39, 0.29) is 17.9 Å². The SMILES string of the molecule is C=CCOc1ccccc1C1CC(=O)Nc2c1c(=O)nc(SCc1ccc(Cl)cc1)n2C. The number of aromatic nitrogens is 2. The van der Waals surface area contributed by atoms with Crippen LogP contribution in [-0.4, -0.2) is 22.1 Å². The molecule has 1 aromatic heterocycles. The second-order valence-corrected chi connectivity index (χ2v) is 8.76. The monoisotopic (exact) mass is 467 g/mol. The molecule has 3 aromatic rings. The van der Waals surface area contributed by atoms with E-state index in [1.165, 1.54) is 11.8 Å². The number of halogens is 1. The van der Waals surface area contributed by atoms with Crippen LogP contribution < -0.4 is 15.6 Å². The Labute approximate surface area is 195 Å². The Morgan fingerprint density at radius 2 is 2.00 bits per heavy atom. The topological polar surface area (TPSA) is 73.2 Å². The zero-order valence-corrected chi connectivity index (χ0v) is 19.1. The van der Waals surface area contributed by atoms with Crippen LogP contribution in [0.25, 0.3) is 0 Å². The van der Waals surface area contributed by atoms with Gasteiger partial charge in [-0.2, -0.15) is 4.98 Å². The number of benzene rings is 2. The van der Waals surface area contributed by atoms with E-state index >= 15 is 0 Å². The summed E-state index contributed by atoms with van der Waals surface area (Å²) in [6.45, 7) is 4.02. The lowest BCUT2D eigenvalue weighted by Gasteiger charge is -2.28. The zero-order chi connectivity index (χ0) is 22.7. The quantitative estimate of drug-likeness (QED) is 0.308. The Balaban J connectivity index is 1.71. The summed E-state index contributed by atoms with van der Waals surface area (Å²) in [5.41, 5.74) is 1.96. The summed E-state index contributed by atoms with van der Waals surface area (Å²) in [6.07, 6.45) is 1.80. The molecule has 1 amide bonds. The summed E-state index contributed by atoms with van der Waals surface area (Å²) >= 11 is 7.38. The second kappa shape index (κ2) is 9.63. The maximum absolute atomic E-state index is 13.1. The van der Waals surface area contributed by atoms with Crippen molar-refractivity contribution in [3.63, 3.8) is 0 Å². The van der Waals surface area contributed by atoms with E-state index in [1.54, 1.807) is 17.7 Å². The standard InChI is InChI=1S/C24H22ClN3O3S/c1-3-12-31-19-7-5-4-6-17(19)18-13-20(29)26-22-21(18)23(30)27-24(28(22)2)32-14-15-8-10-16(25)11-9-15/h3-11,18H,1,12-14H2,2H3,(H,26,29). The van der Waals surface area contributed by atoms with Crippen LogP contribution in [0.5, 0.6) is 5.75 Å². The van der Waals surface area contributed by atoms with E-state index in [0.717, 1.165) is 11.1 Å². The van der Waals surface area contributed by atoms with Crippen molar-refractivity contribution < 1.29 is 9.53 Å². The molecule has 1 unspecified atom stereocenters. The van der Waals surface area contributed by atoms with Crippen molar-refractivity contribution in [2.75, 3.05) is 11.9 Å². The van der Waals surface area contributed by atoms with Gasteiger partial charge in [-0.3, -0.25) is 9.59 Å². The molecule has 1 aliphatic rings. The highest BCUT2D eigenvalue weighted by molar-refractivity contribution is 7.98. The Hall–Kier alpha value is -3.03. The summed E-state index contributed by atoms with van der Waals surface area (Å²) in [7, 11) is 1.80. The van der Waals surface area contributed by atoms with Gasteiger partial charge in [0.05, 0.1) is 5.56 Å². The molecule has 0 saturated heterocycles. The van der Waals surface area contributed by atoms with Crippen LogP contribution in [-0.2, 0) is 17.6 Å². The van der Waals surface area contributed by atoms with Gasteiger partial charge >= 0.3 is 0 Å². The first-order valence-corrected chi connectivity index (χ1v) is 11.4. The number of amides is 1. The summed E-state index contributed by atoms with van der Waals surface area (Å²) in [5.74, 6) is 1.12. The minimum absolute atomic E-state index is 0.148. The van der Waals surface area contributed by atoms with Crippen molar-refractivity contribution in [3.8, 4) is 5.75 Å². The molecule has 2 aromatic carbocycles. The van der Waals surface area contributed by atoms with Crippen LogP contribution in [0.15, 0.2) is 71.1 Å². The normalized spacial score (nSPS) is 15.1. The third kappa shape index (κ3) is 4.59. The molecular weight excluding hydrogens is 446 g/mol. The Bertz CT molecular complexity index is 1220. The van der Waals surface area contributed by atoms with Gasteiger partial charge in [-0.15, -0.1) is 0 Å². The van der Waals surface area contributed by atoms with Gasteiger partial charge < -0.3 is 14.6 Å². The molecule has 32 heavy (non-hydrogen) atoms. The van der Waals surface area contributed by atoms with Gasteiger partial charge in [0.25, 0.3) is 5.56 Å². The minimum atomic E-state index is -0.443. The Morgan fingerprint density at radius 3 is 2.75 bits per heavy atom. The van der Waals surface area contributed by atoms with Crippen molar-refractivity contribution in [1.82, 2.24) is 9.55 Å². The maximum Gasteiger partial charge on any atom is 0.279 e. The number of rotatable bonds is 7. The van der Waals surface area contributed by atoms with E-state index in [0.29, 0.717) is 39.7 Å². The van der Waals surface area contributed by atoms with Gasteiger partial charge in [0.2, 0.25) is 5.91 Å². The zero-order valence-electron chi connectivity index (χ0n) is 17.5. The minimum Gasteiger partial charge on any atom is -0.489 e. The fourth-order valence-corrected chi connectivity index (χ4v) is 4.75. The summed E-state index contributed by atoms with van der Waals surface area (Å²) in [6, 6.07) is 15.0. The Morgan fingerprint density at radius 1 is 1.25 bits per heavy atom. The van der Waals surface area contributed by atoms with Crippen LogP contribution in [0.1, 0.15) is 29.0 Å². The second-order valence-electron chi connectivity index (χ2n) is 7.38. The van der Waals surface area contributed by atoms with Gasteiger partial charge in [0.15, 0.2) is 5.16 Å². The molecule has 1 aliphatic heterocycles. The van der Waals surface area contributed by atoms with Crippen molar-refractivity contribution in [2.24, 2.45) is 7.05 Å². The number of carbonyl (C=O) groups excluding carboxylic acids is 1. The van der Waals surface area contributed by atoms with E-state index in [1.807, 2.05) is 48.5 Å². The number of hydrogen-bond donors (Lipinski definition) is 1. The van der Waals surface area contributed by atoms with E-state index in [4.69, 9.17) is 16.3 Å². The van der Waals surface area contributed by atoms with Gasteiger partial charge in [0.1, 0.15) is 18.2 Å².